The molecule has 0 spiro atoms. The van der Waals surface area contributed by atoms with Gasteiger partial charge in [-0.1, -0.05) is 17.7 Å². The first-order chi connectivity index (χ1) is 8.66. The number of carboxylic acid groups (broad SMARTS) is 1. The lowest BCUT2D eigenvalue weighted by molar-refractivity contribution is -0.0586. The highest BCUT2D eigenvalue weighted by atomic mass is 35.5. The van der Waals surface area contributed by atoms with Crippen LogP contribution in [-0.4, -0.2) is 28.4 Å². The lowest BCUT2D eigenvalue weighted by Gasteiger charge is -2.27. The average molecular weight is 266 g/mol. The Morgan fingerprint density at radius 2 is 2.33 bits per heavy atom. The third-order valence-corrected chi connectivity index (χ3v) is 3.59. The van der Waals surface area contributed by atoms with Gasteiger partial charge >= 0.3 is 5.97 Å². The van der Waals surface area contributed by atoms with Crippen LogP contribution in [0.3, 0.4) is 0 Å². The van der Waals surface area contributed by atoms with E-state index in [1.807, 2.05) is 16.7 Å². The molecule has 0 radical (unpaired) electrons. The number of halogens is 1. The number of aromatic nitrogens is 1. The van der Waals surface area contributed by atoms with Crippen LogP contribution in [0.4, 0.5) is 0 Å². The molecule has 5 heteroatoms. The smallest absolute Gasteiger partial charge is 0.337 e. The molecule has 3 rings (SSSR count). The molecule has 94 valence electrons. The molecule has 1 aliphatic heterocycles. The van der Waals surface area contributed by atoms with Gasteiger partial charge in [0.05, 0.1) is 22.2 Å². The third kappa shape index (κ3) is 1.78. The Balaban J connectivity index is 2.13. The zero-order valence-electron chi connectivity index (χ0n) is 9.60. The summed E-state index contributed by atoms with van der Waals surface area (Å²) in [6.45, 7) is 1.46. The second-order valence-electron chi connectivity index (χ2n) is 4.42. The van der Waals surface area contributed by atoms with Crippen molar-refractivity contribution < 1.29 is 14.6 Å². The molecule has 1 N–H and O–H groups in total. The minimum atomic E-state index is -0.957. The highest BCUT2D eigenvalue weighted by Gasteiger charge is 2.22. The molecule has 18 heavy (non-hydrogen) atoms. The quantitative estimate of drug-likeness (QED) is 0.928. The van der Waals surface area contributed by atoms with Crippen molar-refractivity contribution in [1.29, 1.82) is 0 Å². The van der Waals surface area contributed by atoms with Crippen molar-refractivity contribution in [2.75, 3.05) is 6.61 Å². The molecule has 2 aromatic rings. The zero-order chi connectivity index (χ0) is 12.7. The largest absolute Gasteiger partial charge is 0.478 e. The van der Waals surface area contributed by atoms with E-state index in [9.17, 15) is 9.90 Å². The van der Waals surface area contributed by atoms with E-state index in [0.717, 1.165) is 18.5 Å². The second kappa shape index (κ2) is 4.30. The van der Waals surface area contributed by atoms with E-state index in [-0.39, 0.29) is 11.7 Å². The minimum absolute atomic E-state index is 0.182. The van der Waals surface area contributed by atoms with Gasteiger partial charge in [0, 0.05) is 24.7 Å². The van der Waals surface area contributed by atoms with E-state index >= 15 is 0 Å². The van der Waals surface area contributed by atoms with Gasteiger partial charge in [0.2, 0.25) is 0 Å². The van der Waals surface area contributed by atoms with Crippen LogP contribution in [0.1, 0.15) is 16.8 Å². The van der Waals surface area contributed by atoms with Gasteiger partial charge in [-0.3, -0.25) is 0 Å². The van der Waals surface area contributed by atoms with Crippen LogP contribution in [0.25, 0.3) is 10.9 Å². The van der Waals surface area contributed by atoms with Gasteiger partial charge < -0.3 is 14.4 Å². The molecule has 1 fully saturated rings. The summed E-state index contributed by atoms with van der Waals surface area (Å²) in [5.74, 6) is -0.957. The van der Waals surface area contributed by atoms with E-state index < -0.39 is 5.97 Å². The summed E-state index contributed by atoms with van der Waals surface area (Å²) in [6.07, 6.45) is 2.84. The number of rotatable bonds is 3. The molecule has 1 aromatic carbocycles. The Bertz CT molecular complexity index is 616. The molecule has 0 bridgehead atoms. The van der Waals surface area contributed by atoms with Crippen LogP contribution < -0.4 is 0 Å². The van der Waals surface area contributed by atoms with Crippen molar-refractivity contribution in [1.82, 2.24) is 4.57 Å². The Morgan fingerprint density at radius 1 is 1.56 bits per heavy atom. The summed E-state index contributed by atoms with van der Waals surface area (Å²) in [6, 6.07) is 5.42. The fraction of sp³-hybridized carbons (Fsp3) is 0.308. The third-order valence-electron chi connectivity index (χ3n) is 3.28. The second-order valence-corrected chi connectivity index (χ2v) is 4.82. The summed E-state index contributed by atoms with van der Waals surface area (Å²) in [4.78, 5) is 11.2. The van der Waals surface area contributed by atoms with Gasteiger partial charge in [0.1, 0.15) is 0 Å². The van der Waals surface area contributed by atoms with Crippen molar-refractivity contribution in [2.24, 2.45) is 0 Å². The van der Waals surface area contributed by atoms with E-state index in [2.05, 4.69) is 0 Å². The first-order valence-corrected chi connectivity index (χ1v) is 6.17. The fourth-order valence-electron chi connectivity index (χ4n) is 2.27. The highest BCUT2D eigenvalue weighted by Crippen LogP contribution is 2.29. The average Bonchev–Trinajstić information content (AvgIpc) is 2.64. The van der Waals surface area contributed by atoms with Crippen molar-refractivity contribution in [3.05, 3.63) is 35.0 Å². The number of benzene rings is 1. The first-order valence-electron chi connectivity index (χ1n) is 5.79. The number of fused-ring (bicyclic) bond motifs is 1. The van der Waals surface area contributed by atoms with Gasteiger partial charge in [0.25, 0.3) is 0 Å². The number of hydrogen-bond acceptors (Lipinski definition) is 2. The molecule has 1 aromatic heterocycles. The number of aromatic carboxylic acids is 1. The molecule has 1 aliphatic rings. The standard InChI is InChI=1S/C13H12ClNO3/c14-10-2-1-3-11-12(10)9(13(16)17)7-15(11)6-8-4-5-18-8/h1-3,7-8H,4-6H2,(H,16,17). The molecule has 1 saturated heterocycles. The normalized spacial score (nSPS) is 18.8. The molecular formula is C13H12ClNO3. The van der Waals surface area contributed by atoms with Crippen LogP contribution in [0.15, 0.2) is 24.4 Å². The summed E-state index contributed by atoms with van der Waals surface area (Å²) in [5.41, 5.74) is 1.09. The molecule has 0 aliphatic carbocycles. The SMILES string of the molecule is O=C(O)c1cn(CC2CCO2)c2cccc(Cl)c12. The number of carbonyl (C=O) groups is 1. The molecular weight excluding hydrogens is 254 g/mol. The summed E-state index contributed by atoms with van der Waals surface area (Å²) in [5, 5.41) is 10.3. The zero-order valence-corrected chi connectivity index (χ0v) is 10.4. The van der Waals surface area contributed by atoms with Crippen LogP contribution in [0, 0.1) is 0 Å². The van der Waals surface area contributed by atoms with Gasteiger partial charge in [-0.2, -0.15) is 0 Å². The van der Waals surface area contributed by atoms with Crippen molar-refractivity contribution in [3.63, 3.8) is 0 Å². The lowest BCUT2D eigenvalue weighted by Crippen LogP contribution is -2.30. The maximum absolute atomic E-state index is 11.2. The van der Waals surface area contributed by atoms with Crippen molar-refractivity contribution in [3.8, 4) is 0 Å². The van der Waals surface area contributed by atoms with Gasteiger partial charge in [-0.05, 0) is 18.6 Å². The number of ether oxygens (including phenoxy) is 1. The van der Waals surface area contributed by atoms with Crippen LogP contribution >= 0.6 is 11.6 Å². The number of nitrogens with zero attached hydrogens (tertiary/aromatic N) is 1. The topological polar surface area (TPSA) is 51.5 Å². The van der Waals surface area contributed by atoms with Crippen LogP contribution in [-0.2, 0) is 11.3 Å². The Morgan fingerprint density at radius 3 is 2.94 bits per heavy atom. The van der Waals surface area contributed by atoms with E-state index in [0.29, 0.717) is 17.0 Å². The minimum Gasteiger partial charge on any atom is -0.478 e. The first kappa shape index (κ1) is 11.6. The molecule has 4 nitrogen and oxygen atoms in total. The highest BCUT2D eigenvalue weighted by molar-refractivity contribution is 6.36. The van der Waals surface area contributed by atoms with Gasteiger partial charge in [-0.15, -0.1) is 0 Å². The Kier molecular flexibility index (Phi) is 2.76. The van der Waals surface area contributed by atoms with Crippen molar-refractivity contribution in [2.45, 2.75) is 19.1 Å². The summed E-state index contributed by atoms with van der Waals surface area (Å²) >= 11 is 6.10. The number of hydrogen-bond donors (Lipinski definition) is 1. The van der Waals surface area contributed by atoms with Crippen LogP contribution in [0.5, 0.6) is 0 Å². The Labute approximate surface area is 109 Å². The fourth-order valence-corrected chi connectivity index (χ4v) is 2.54. The van der Waals surface area contributed by atoms with E-state index in [1.54, 1.807) is 12.3 Å². The summed E-state index contributed by atoms with van der Waals surface area (Å²) in [7, 11) is 0. The lowest BCUT2D eigenvalue weighted by atomic mass is 10.2. The molecule has 2 heterocycles. The van der Waals surface area contributed by atoms with Gasteiger partial charge in [-0.25, -0.2) is 4.79 Å². The van der Waals surface area contributed by atoms with Gasteiger partial charge in [0.15, 0.2) is 0 Å². The Hall–Kier alpha value is -1.52. The molecule has 0 saturated carbocycles. The summed E-state index contributed by atoms with van der Waals surface area (Å²) < 4.78 is 7.29. The predicted octanol–water partition coefficient (Wildman–Crippen LogP) is 2.78. The molecule has 0 amide bonds. The van der Waals surface area contributed by atoms with E-state index in [1.165, 1.54) is 0 Å². The van der Waals surface area contributed by atoms with Crippen molar-refractivity contribution >= 4 is 28.5 Å². The number of carboxylic acids is 1. The molecule has 1 unspecified atom stereocenters. The predicted molar refractivity (Wildman–Crippen MR) is 68.3 cm³/mol. The monoisotopic (exact) mass is 265 g/mol. The maximum Gasteiger partial charge on any atom is 0.337 e. The van der Waals surface area contributed by atoms with E-state index in [4.69, 9.17) is 16.3 Å². The molecule has 1 atom stereocenters. The maximum atomic E-state index is 11.2. The van der Waals surface area contributed by atoms with Crippen LogP contribution in [0.2, 0.25) is 5.02 Å².